The third kappa shape index (κ3) is 14.3. The number of aliphatic hydroxyl groups is 1. The highest BCUT2D eigenvalue weighted by Gasteiger charge is 2.41. The molecule has 74 heavy (non-hydrogen) atoms. The number of carbonyl (C=O) groups excluding carboxylic acids is 1. The third-order valence-electron chi connectivity index (χ3n) is 13.3. The van der Waals surface area contributed by atoms with E-state index in [1.165, 1.54) is 0 Å². The van der Waals surface area contributed by atoms with Crippen LogP contribution in [0.3, 0.4) is 0 Å². The number of aliphatic imine (C=N–C) groups is 1. The van der Waals surface area contributed by atoms with E-state index in [0.29, 0.717) is 54.5 Å². The lowest BCUT2D eigenvalue weighted by Gasteiger charge is -2.26. The van der Waals surface area contributed by atoms with Crippen LogP contribution in [0.5, 0.6) is 0 Å². The van der Waals surface area contributed by atoms with Crippen LogP contribution in [0.15, 0.2) is 76.1 Å². The van der Waals surface area contributed by atoms with Crippen LogP contribution in [0.1, 0.15) is 75.6 Å². The highest BCUT2D eigenvalue weighted by Crippen LogP contribution is 2.46. The van der Waals surface area contributed by atoms with Crippen LogP contribution in [0, 0.1) is 0 Å². The van der Waals surface area contributed by atoms with Crippen molar-refractivity contribution in [3.8, 4) is 0 Å². The van der Waals surface area contributed by atoms with Crippen molar-refractivity contribution >= 4 is 58.6 Å². The van der Waals surface area contributed by atoms with Crippen molar-refractivity contribution in [2.24, 2.45) is 4.99 Å². The largest absolute Gasteiger partial charge is 0.506 e. The normalized spacial score (nSPS) is 16.5. The molecule has 20 nitrogen and oxygen atoms in total. The van der Waals surface area contributed by atoms with Gasteiger partial charge in [0.2, 0.25) is 41.5 Å². The number of ketones is 1. The number of allylic oxidation sites excluding steroid dienone is 5. The summed E-state index contributed by atoms with van der Waals surface area (Å²) < 4.78 is 0. The Morgan fingerprint density at radius 1 is 0.541 bits per heavy atom. The van der Waals surface area contributed by atoms with Gasteiger partial charge in [-0.25, -0.2) is 0 Å². The van der Waals surface area contributed by atoms with Crippen LogP contribution in [-0.2, 0) is 28.7 Å². The van der Waals surface area contributed by atoms with Gasteiger partial charge in [-0.1, -0.05) is 52.0 Å². The highest BCUT2D eigenvalue weighted by molar-refractivity contribution is 6.25. The molecule has 0 atom stereocenters. The molecule has 0 saturated heterocycles. The number of anilines is 7. The van der Waals surface area contributed by atoms with E-state index in [-0.39, 0.29) is 22.7 Å². The Balaban J connectivity index is 0.995. The van der Waals surface area contributed by atoms with E-state index < -0.39 is 10.8 Å². The van der Waals surface area contributed by atoms with Crippen molar-refractivity contribution in [3.63, 3.8) is 0 Å². The Kier molecular flexibility index (Phi) is 18.2. The Morgan fingerprint density at radius 3 is 1.36 bits per heavy atom. The Bertz CT molecular complexity index is 2670. The molecule has 3 aliphatic rings. The fourth-order valence-electron chi connectivity index (χ4n) is 8.86. The molecule has 0 unspecified atom stereocenters. The number of nitrogens with one attached hydrogen (secondary N) is 7. The van der Waals surface area contributed by atoms with Crippen molar-refractivity contribution in [2.75, 3.05) is 146 Å². The van der Waals surface area contributed by atoms with Gasteiger partial charge in [-0.15, -0.1) is 0 Å². The molecular formula is C54H80N18O2. The molecule has 2 aromatic heterocycles. The first-order valence-corrected chi connectivity index (χ1v) is 25.9. The second-order valence-electron chi connectivity index (χ2n) is 21.5. The number of benzene rings is 2. The molecular weight excluding hydrogens is 933 g/mol. The third-order valence-corrected chi connectivity index (χ3v) is 13.3. The van der Waals surface area contributed by atoms with Crippen LogP contribution in [0.2, 0.25) is 0 Å². The second-order valence-corrected chi connectivity index (χ2v) is 21.5. The van der Waals surface area contributed by atoms with Gasteiger partial charge in [0.15, 0.2) is 0 Å². The molecule has 4 aromatic rings. The maximum atomic E-state index is 13.9. The number of aromatic nitrogens is 6. The summed E-state index contributed by atoms with van der Waals surface area (Å²) in [5.41, 5.74) is 7.00. The molecule has 0 fully saturated rings. The number of nitrogens with zero attached hydrogens (tertiary/aromatic N) is 11. The molecule has 0 saturated carbocycles. The Hall–Kier alpha value is -6.74. The molecule has 2 aliphatic heterocycles. The highest BCUT2D eigenvalue weighted by atomic mass is 16.3. The van der Waals surface area contributed by atoms with E-state index in [1.54, 1.807) is 12.2 Å². The maximum Gasteiger partial charge on any atom is 0.229 e. The van der Waals surface area contributed by atoms with E-state index in [2.05, 4.69) is 195 Å². The number of hydrogen-bond donors (Lipinski definition) is 8. The van der Waals surface area contributed by atoms with E-state index in [0.717, 1.165) is 117 Å². The number of rotatable bonds is 28. The van der Waals surface area contributed by atoms with Gasteiger partial charge in [-0.2, -0.15) is 29.9 Å². The van der Waals surface area contributed by atoms with Gasteiger partial charge in [0, 0.05) is 61.5 Å². The summed E-state index contributed by atoms with van der Waals surface area (Å²) in [5.74, 6) is 2.78. The molecule has 20 heteroatoms. The summed E-state index contributed by atoms with van der Waals surface area (Å²) in [4.78, 5) is 55.5. The first kappa shape index (κ1) is 55.0. The number of Topliss-reactive ketones (excluding diaryl/α,β-unsaturated/α-hetero) is 1. The molecule has 2 aromatic carbocycles. The summed E-state index contributed by atoms with van der Waals surface area (Å²) in [6, 6.07) is 12.5. The zero-order valence-electron chi connectivity index (χ0n) is 45.8. The van der Waals surface area contributed by atoms with Crippen LogP contribution < -0.4 is 37.2 Å². The van der Waals surface area contributed by atoms with Crippen molar-refractivity contribution in [2.45, 2.75) is 77.3 Å². The smallest absolute Gasteiger partial charge is 0.229 e. The number of hydrogen-bond acceptors (Lipinski definition) is 20. The lowest BCUT2D eigenvalue weighted by Crippen LogP contribution is -2.28. The van der Waals surface area contributed by atoms with Crippen LogP contribution in [0.25, 0.3) is 0 Å². The summed E-state index contributed by atoms with van der Waals surface area (Å²) in [7, 11) is 16.5. The van der Waals surface area contributed by atoms with Gasteiger partial charge in [-0.05, 0) is 155 Å². The lowest BCUT2D eigenvalue weighted by molar-refractivity contribution is -0.113. The standard InChI is InChI=1S/C54H80N18O2/c1-53(2)39-29-35(33-59-51-65-47(55-21-13-25-69(5)6)63-48(66-51)56-22-14-26-70(7)8)17-19-41(39)61-43(53)31-37-45(73)38(46(37)74)32-44-54(3,4)40-30-36(18-20-42(40)62-44)34-60-52-67-49(57-23-15-27-71(9)10)64-50(68-52)58-24-16-28-72(11)12/h17-20,29-32,61,73H,13-16,21-28,33-34H2,1-12H3,(H3,55,56,59,63,65,66)(H3,57,58,60,64,67,68). The zero-order valence-corrected chi connectivity index (χ0v) is 45.8. The van der Waals surface area contributed by atoms with E-state index in [9.17, 15) is 9.90 Å². The van der Waals surface area contributed by atoms with Crippen LogP contribution >= 0.6 is 0 Å². The van der Waals surface area contributed by atoms with Crippen molar-refractivity contribution in [1.82, 2.24) is 49.5 Å². The summed E-state index contributed by atoms with van der Waals surface area (Å²) in [6.45, 7) is 16.2. The van der Waals surface area contributed by atoms with E-state index in [1.807, 2.05) is 12.1 Å². The fraction of sp³-hybridized carbons (Fsp3) is 0.519. The zero-order chi connectivity index (χ0) is 53.2. The van der Waals surface area contributed by atoms with Gasteiger partial charge >= 0.3 is 0 Å². The van der Waals surface area contributed by atoms with Gasteiger partial charge in [-0.3, -0.25) is 9.79 Å². The van der Waals surface area contributed by atoms with Crippen molar-refractivity contribution in [1.29, 1.82) is 0 Å². The predicted octanol–water partition coefficient (Wildman–Crippen LogP) is 6.71. The van der Waals surface area contributed by atoms with Gasteiger partial charge in [0.25, 0.3) is 0 Å². The topological polar surface area (TPSA) is 224 Å². The molecule has 0 amide bonds. The Labute approximate surface area is 438 Å². The number of carbonyl (C=O) groups is 1. The Morgan fingerprint density at radius 2 is 0.946 bits per heavy atom. The molecule has 0 spiro atoms. The number of fused-ring (bicyclic) bond motifs is 2. The minimum absolute atomic E-state index is 0.0359. The average Bonchev–Trinajstić information content (AvgIpc) is 3.76. The molecule has 0 radical (unpaired) electrons. The molecule has 0 bridgehead atoms. The first-order chi connectivity index (χ1) is 35.3. The SMILES string of the molecule is CN(C)CCCNc1nc(NCCCN(C)C)nc(NCc2ccc3c(c2)C(C)(C)C(C=C2C(=O)C(C=C4Nc5ccc(CNc6nc(NCCCN(C)C)nc(NCCCN(C)C)n6)cc5C4(C)C)=C2O)=N3)n1. The quantitative estimate of drug-likeness (QED) is 0.0219. The van der Waals surface area contributed by atoms with Gasteiger partial charge in [0.1, 0.15) is 5.76 Å². The molecule has 7 rings (SSSR count). The maximum absolute atomic E-state index is 13.9. The van der Waals surface area contributed by atoms with Gasteiger partial charge < -0.3 is 61.9 Å². The fourth-order valence-corrected chi connectivity index (χ4v) is 8.86. The monoisotopic (exact) mass is 1010 g/mol. The van der Waals surface area contributed by atoms with E-state index in [4.69, 9.17) is 4.99 Å². The van der Waals surface area contributed by atoms with Gasteiger partial charge in [0.05, 0.1) is 22.5 Å². The number of aliphatic hydroxyl groups excluding tert-OH is 1. The van der Waals surface area contributed by atoms with E-state index >= 15 is 0 Å². The predicted molar refractivity (Wildman–Crippen MR) is 301 cm³/mol. The summed E-state index contributed by atoms with van der Waals surface area (Å²) in [5, 5.41) is 35.3. The molecule has 1 aliphatic carbocycles. The molecule has 8 N–H and O–H groups in total. The minimum Gasteiger partial charge on any atom is -0.506 e. The van der Waals surface area contributed by atoms with Crippen LogP contribution in [0.4, 0.5) is 47.1 Å². The molecule has 398 valence electrons. The van der Waals surface area contributed by atoms with Crippen LogP contribution in [-0.4, -0.2) is 175 Å². The lowest BCUT2D eigenvalue weighted by atomic mass is 9.77. The molecule has 4 heterocycles. The minimum atomic E-state index is -0.532. The summed E-state index contributed by atoms with van der Waals surface area (Å²) >= 11 is 0. The first-order valence-electron chi connectivity index (χ1n) is 25.9. The average molecular weight is 1010 g/mol. The van der Waals surface area contributed by atoms with Crippen molar-refractivity contribution < 1.29 is 9.90 Å². The second kappa shape index (κ2) is 24.5. The summed E-state index contributed by atoms with van der Waals surface area (Å²) in [6.07, 6.45) is 7.34. The van der Waals surface area contributed by atoms with Crippen molar-refractivity contribution in [3.05, 3.63) is 93.4 Å².